The van der Waals surface area contributed by atoms with Gasteiger partial charge in [0.2, 0.25) is 0 Å². The molecule has 0 amide bonds. The van der Waals surface area contributed by atoms with Gasteiger partial charge in [0.05, 0.1) is 13.1 Å². The number of hydrogen-bond acceptors (Lipinski definition) is 2. The molecule has 0 saturated heterocycles. The van der Waals surface area contributed by atoms with Gasteiger partial charge in [0.25, 0.3) is 0 Å². The molecule has 0 fully saturated rings. The van der Waals surface area contributed by atoms with Gasteiger partial charge in [0.1, 0.15) is 0 Å². The zero-order valence-corrected chi connectivity index (χ0v) is 8.92. The summed E-state index contributed by atoms with van der Waals surface area (Å²) in [6, 6.07) is 7.69. The predicted molar refractivity (Wildman–Crippen MR) is 61.9 cm³/mol. The van der Waals surface area contributed by atoms with Crippen LogP contribution in [0.2, 0.25) is 0 Å². The summed E-state index contributed by atoms with van der Waals surface area (Å²) in [5.74, 6) is 2.52. The first kappa shape index (κ1) is 11.5. The quantitative estimate of drug-likeness (QED) is 0.446. The average molecular weight is 201 g/mol. The summed E-state index contributed by atoms with van der Waals surface area (Å²) >= 11 is 0. The highest BCUT2D eigenvalue weighted by Gasteiger charge is 2.04. The fourth-order valence-electron chi connectivity index (χ4n) is 1.31. The number of benzene rings is 1. The first-order valence-electron chi connectivity index (χ1n) is 5.04. The Kier molecular flexibility index (Phi) is 4.59. The van der Waals surface area contributed by atoms with E-state index in [1.807, 2.05) is 24.3 Å². The van der Waals surface area contributed by atoms with Gasteiger partial charge in [-0.25, -0.2) is 0 Å². The van der Waals surface area contributed by atoms with Gasteiger partial charge in [0, 0.05) is 5.56 Å². The van der Waals surface area contributed by atoms with Gasteiger partial charge >= 0.3 is 0 Å². The molecule has 0 bridgehead atoms. The second-order valence-corrected chi connectivity index (χ2v) is 3.28. The van der Waals surface area contributed by atoms with Crippen molar-refractivity contribution in [2.24, 2.45) is 0 Å². The molecule has 1 aromatic carbocycles. The largest absolute Gasteiger partial charge is 0.299 e. The van der Waals surface area contributed by atoms with Gasteiger partial charge in [-0.3, -0.25) is 10.1 Å². The molecule has 78 valence electrons. The molecular formula is C13H15NO. The van der Waals surface area contributed by atoms with E-state index in [-0.39, 0.29) is 5.78 Å². The van der Waals surface area contributed by atoms with E-state index in [4.69, 9.17) is 6.42 Å². The van der Waals surface area contributed by atoms with Gasteiger partial charge in [-0.1, -0.05) is 31.0 Å². The Morgan fingerprint density at radius 2 is 2.33 bits per heavy atom. The van der Waals surface area contributed by atoms with Crippen molar-refractivity contribution in [3.63, 3.8) is 0 Å². The van der Waals surface area contributed by atoms with Crippen LogP contribution < -0.4 is 5.32 Å². The lowest BCUT2D eigenvalue weighted by Crippen LogP contribution is -2.23. The van der Waals surface area contributed by atoms with E-state index in [0.29, 0.717) is 13.1 Å². The topological polar surface area (TPSA) is 29.1 Å². The standard InChI is InChI=1S/C13H15NO/c1-3-8-14-10-13(15)12-7-5-6-11(4-2)9-12/h1,5-7,9,14H,4,8,10H2,2H3. The Morgan fingerprint density at radius 3 is 3.00 bits per heavy atom. The van der Waals surface area contributed by atoms with E-state index in [9.17, 15) is 4.79 Å². The summed E-state index contributed by atoms with van der Waals surface area (Å²) in [7, 11) is 0. The predicted octanol–water partition coefficient (Wildman–Crippen LogP) is 1.65. The summed E-state index contributed by atoms with van der Waals surface area (Å²) < 4.78 is 0. The van der Waals surface area contributed by atoms with E-state index in [0.717, 1.165) is 12.0 Å². The third kappa shape index (κ3) is 3.57. The summed E-state index contributed by atoms with van der Waals surface area (Å²) in [5.41, 5.74) is 1.93. The maximum absolute atomic E-state index is 11.7. The average Bonchev–Trinajstić information content (AvgIpc) is 2.29. The molecule has 15 heavy (non-hydrogen) atoms. The van der Waals surface area contributed by atoms with E-state index >= 15 is 0 Å². The monoisotopic (exact) mass is 201 g/mol. The van der Waals surface area contributed by atoms with Gasteiger partial charge in [0.15, 0.2) is 5.78 Å². The van der Waals surface area contributed by atoms with Crippen molar-refractivity contribution in [2.45, 2.75) is 13.3 Å². The SMILES string of the molecule is C#CCNCC(=O)c1cccc(CC)c1. The van der Waals surface area contributed by atoms with Crippen molar-refractivity contribution in [2.75, 3.05) is 13.1 Å². The molecule has 0 aliphatic heterocycles. The van der Waals surface area contributed by atoms with Crippen molar-refractivity contribution >= 4 is 5.78 Å². The summed E-state index contributed by atoms with van der Waals surface area (Å²) in [6.45, 7) is 2.80. The number of carbonyl (C=O) groups is 1. The zero-order valence-electron chi connectivity index (χ0n) is 8.92. The molecular weight excluding hydrogens is 186 g/mol. The number of hydrogen-bond donors (Lipinski definition) is 1. The molecule has 0 radical (unpaired) electrons. The smallest absolute Gasteiger partial charge is 0.176 e. The molecule has 1 N–H and O–H groups in total. The number of rotatable bonds is 5. The highest BCUT2D eigenvalue weighted by atomic mass is 16.1. The molecule has 2 heteroatoms. The maximum Gasteiger partial charge on any atom is 0.176 e. The van der Waals surface area contributed by atoms with Crippen molar-refractivity contribution in [3.05, 3.63) is 35.4 Å². The highest BCUT2D eigenvalue weighted by molar-refractivity contribution is 5.97. The van der Waals surface area contributed by atoms with E-state index in [2.05, 4.69) is 18.2 Å². The van der Waals surface area contributed by atoms with Crippen LogP contribution in [0, 0.1) is 12.3 Å². The third-order valence-corrected chi connectivity index (χ3v) is 2.17. The summed E-state index contributed by atoms with van der Waals surface area (Å²) in [4.78, 5) is 11.7. The molecule has 0 unspecified atom stereocenters. The number of aryl methyl sites for hydroxylation is 1. The molecule has 1 rings (SSSR count). The van der Waals surface area contributed by atoms with Crippen LogP contribution in [-0.2, 0) is 6.42 Å². The minimum atomic E-state index is 0.0838. The van der Waals surface area contributed by atoms with Crippen LogP contribution in [-0.4, -0.2) is 18.9 Å². The first-order valence-corrected chi connectivity index (χ1v) is 5.04. The third-order valence-electron chi connectivity index (χ3n) is 2.17. The molecule has 0 aliphatic rings. The molecule has 0 heterocycles. The Balaban J connectivity index is 2.61. The lowest BCUT2D eigenvalue weighted by Gasteiger charge is -2.03. The number of ketones is 1. The Morgan fingerprint density at radius 1 is 1.53 bits per heavy atom. The van der Waals surface area contributed by atoms with Crippen molar-refractivity contribution in [1.29, 1.82) is 0 Å². The van der Waals surface area contributed by atoms with Gasteiger partial charge in [-0.2, -0.15) is 0 Å². The van der Waals surface area contributed by atoms with Crippen LogP contribution in [0.5, 0.6) is 0 Å². The molecule has 1 aromatic rings. The van der Waals surface area contributed by atoms with Gasteiger partial charge < -0.3 is 0 Å². The highest BCUT2D eigenvalue weighted by Crippen LogP contribution is 2.06. The lowest BCUT2D eigenvalue weighted by atomic mass is 10.1. The van der Waals surface area contributed by atoms with E-state index in [1.165, 1.54) is 5.56 Å². The van der Waals surface area contributed by atoms with Gasteiger partial charge in [-0.15, -0.1) is 6.42 Å². The first-order chi connectivity index (χ1) is 7.27. The molecule has 0 atom stereocenters. The summed E-state index contributed by atoms with van der Waals surface area (Å²) in [6.07, 6.45) is 6.02. The fourth-order valence-corrected chi connectivity index (χ4v) is 1.31. The maximum atomic E-state index is 11.7. The summed E-state index contributed by atoms with van der Waals surface area (Å²) in [5, 5.41) is 2.89. The second-order valence-electron chi connectivity index (χ2n) is 3.28. The van der Waals surface area contributed by atoms with Crippen LogP contribution in [0.15, 0.2) is 24.3 Å². The minimum absolute atomic E-state index is 0.0838. The fraction of sp³-hybridized carbons (Fsp3) is 0.308. The number of carbonyl (C=O) groups excluding carboxylic acids is 1. The van der Waals surface area contributed by atoms with E-state index in [1.54, 1.807) is 0 Å². The Labute approximate surface area is 90.7 Å². The number of terminal acetylenes is 1. The van der Waals surface area contributed by atoms with Crippen molar-refractivity contribution in [3.8, 4) is 12.3 Å². The lowest BCUT2D eigenvalue weighted by molar-refractivity contribution is 0.0992. The van der Waals surface area contributed by atoms with Crippen molar-refractivity contribution in [1.82, 2.24) is 5.32 Å². The molecule has 0 spiro atoms. The zero-order chi connectivity index (χ0) is 11.1. The second kappa shape index (κ2) is 6.00. The molecule has 0 aromatic heterocycles. The molecule has 2 nitrogen and oxygen atoms in total. The van der Waals surface area contributed by atoms with Crippen LogP contribution in [0.25, 0.3) is 0 Å². The Bertz CT molecular complexity index is 376. The van der Waals surface area contributed by atoms with Crippen LogP contribution in [0.1, 0.15) is 22.8 Å². The molecule has 0 aliphatic carbocycles. The van der Waals surface area contributed by atoms with Crippen LogP contribution in [0.3, 0.4) is 0 Å². The minimum Gasteiger partial charge on any atom is -0.299 e. The number of nitrogens with one attached hydrogen (secondary N) is 1. The number of Topliss-reactive ketones (excluding diaryl/α,β-unsaturated/α-hetero) is 1. The van der Waals surface area contributed by atoms with Crippen LogP contribution in [0.4, 0.5) is 0 Å². The normalized spacial score (nSPS) is 9.60. The Hall–Kier alpha value is -1.59. The van der Waals surface area contributed by atoms with E-state index < -0.39 is 0 Å². The van der Waals surface area contributed by atoms with Crippen molar-refractivity contribution < 1.29 is 4.79 Å². The van der Waals surface area contributed by atoms with Crippen LogP contribution >= 0.6 is 0 Å². The molecule has 0 saturated carbocycles. The van der Waals surface area contributed by atoms with Gasteiger partial charge in [-0.05, 0) is 18.1 Å².